The third-order valence-corrected chi connectivity index (χ3v) is 3.71. The Morgan fingerprint density at radius 2 is 2.22 bits per heavy atom. The third kappa shape index (κ3) is 3.55. The van der Waals surface area contributed by atoms with E-state index in [0.717, 1.165) is 28.4 Å². The number of pyridine rings is 1. The molecular weight excluding hydrogens is 316 g/mol. The Labute approximate surface area is 138 Å². The van der Waals surface area contributed by atoms with Crippen LogP contribution >= 0.6 is 11.6 Å². The molecule has 0 aromatic carbocycles. The smallest absolute Gasteiger partial charge is 0.129 e. The zero-order valence-electron chi connectivity index (χ0n) is 12.7. The minimum Gasteiger partial charge on any atom is -0.469 e. The van der Waals surface area contributed by atoms with E-state index in [4.69, 9.17) is 16.0 Å². The fourth-order valence-electron chi connectivity index (χ4n) is 2.31. The Kier molecular flexibility index (Phi) is 4.64. The van der Waals surface area contributed by atoms with Crippen molar-refractivity contribution in [3.05, 3.63) is 53.2 Å². The molecule has 0 fully saturated rings. The molecule has 0 unspecified atom stereocenters. The number of furan rings is 1. The number of hydrogen-bond donors (Lipinski definition) is 2. The van der Waals surface area contributed by atoms with Gasteiger partial charge in [0.05, 0.1) is 25.1 Å². The minimum absolute atomic E-state index is 0.0165. The molecule has 0 amide bonds. The van der Waals surface area contributed by atoms with Crippen LogP contribution in [0.1, 0.15) is 11.3 Å². The highest BCUT2D eigenvalue weighted by Crippen LogP contribution is 2.26. The number of aliphatic hydroxyl groups is 1. The molecule has 0 aliphatic heterocycles. The molecule has 3 aromatic rings. The maximum Gasteiger partial charge on any atom is 0.129 e. The summed E-state index contributed by atoms with van der Waals surface area (Å²) in [5.74, 6) is 1.64. The number of rotatable bonds is 6. The molecule has 3 aromatic heterocycles. The monoisotopic (exact) mass is 332 g/mol. The predicted molar refractivity (Wildman–Crippen MR) is 88.3 cm³/mol. The van der Waals surface area contributed by atoms with Gasteiger partial charge in [0.25, 0.3) is 0 Å². The van der Waals surface area contributed by atoms with Gasteiger partial charge >= 0.3 is 0 Å². The molecule has 0 spiro atoms. The Morgan fingerprint density at radius 1 is 1.35 bits per heavy atom. The molecule has 0 radical (unpaired) electrons. The Morgan fingerprint density at radius 3 is 2.87 bits per heavy atom. The van der Waals surface area contributed by atoms with Gasteiger partial charge in [-0.3, -0.25) is 0 Å². The van der Waals surface area contributed by atoms with Crippen LogP contribution in [0.2, 0.25) is 5.15 Å². The van der Waals surface area contributed by atoms with Gasteiger partial charge in [-0.1, -0.05) is 17.7 Å². The van der Waals surface area contributed by atoms with E-state index in [1.54, 1.807) is 23.2 Å². The Hall–Kier alpha value is -2.31. The van der Waals surface area contributed by atoms with Crippen LogP contribution in [-0.4, -0.2) is 26.5 Å². The van der Waals surface area contributed by atoms with Gasteiger partial charge in [-0.2, -0.15) is 5.10 Å². The van der Waals surface area contributed by atoms with Crippen LogP contribution in [0.25, 0.3) is 11.3 Å². The molecule has 0 atom stereocenters. The SMILES string of the molecule is Cc1occc1-c1cc(NCc2ccc(Cl)nc2)n(CCO)n1. The lowest BCUT2D eigenvalue weighted by atomic mass is 10.2. The topological polar surface area (TPSA) is 76.1 Å². The molecule has 0 bridgehead atoms. The first kappa shape index (κ1) is 15.6. The standard InChI is InChI=1S/C16H17ClN4O2/c1-11-13(4-7-23-11)14-8-16(21(20-14)5-6-22)19-10-12-2-3-15(17)18-9-12/h2-4,7-9,19,22H,5-6,10H2,1H3. The quantitative estimate of drug-likeness (QED) is 0.678. The van der Waals surface area contributed by atoms with E-state index in [1.807, 2.05) is 25.1 Å². The number of nitrogens with one attached hydrogen (secondary N) is 1. The summed E-state index contributed by atoms with van der Waals surface area (Å²) in [6.07, 6.45) is 3.37. The van der Waals surface area contributed by atoms with Crippen LogP contribution in [0.4, 0.5) is 5.82 Å². The highest BCUT2D eigenvalue weighted by molar-refractivity contribution is 6.29. The van der Waals surface area contributed by atoms with Gasteiger partial charge in [-0.25, -0.2) is 9.67 Å². The van der Waals surface area contributed by atoms with Crippen molar-refractivity contribution in [3.8, 4) is 11.3 Å². The normalized spacial score (nSPS) is 10.9. The van der Waals surface area contributed by atoms with Crippen molar-refractivity contribution >= 4 is 17.4 Å². The number of aliphatic hydroxyl groups excluding tert-OH is 1. The van der Waals surface area contributed by atoms with E-state index in [-0.39, 0.29) is 6.61 Å². The fraction of sp³-hybridized carbons (Fsp3) is 0.250. The summed E-state index contributed by atoms with van der Waals surface area (Å²) in [6.45, 7) is 2.92. The van der Waals surface area contributed by atoms with Crippen molar-refractivity contribution < 1.29 is 9.52 Å². The van der Waals surface area contributed by atoms with Crippen LogP contribution < -0.4 is 5.32 Å². The van der Waals surface area contributed by atoms with Crippen molar-refractivity contribution in [1.29, 1.82) is 0 Å². The second-order valence-corrected chi connectivity index (χ2v) is 5.48. The van der Waals surface area contributed by atoms with Crippen LogP contribution in [0.3, 0.4) is 0 Å². The van der Waals surface area contributed by atoms with Gasteiger partial charge in [0.15, 0.2) is 0 Å². The van der Waals surface area contributed by atoms with E-state index in [0.29, 0.717) is 18.2 Å². The number of halogens is 1. The van der Waals surface area contributed by atoms with Gasteiger partial charge < -0.3 is 14.8 Å². The lowest BCUT2D eigenvalue weighted by Gasteiger charge is -2.08. The van der Waals surface area contributed by atoms with Crippen molar-refractivity contribution in [2.24, 2.45) is 0 Å². The minimum atomic E-state index is 0.0165. The largest absolute Gasteiger partial charge is 0.469 e. The van der Waals surface area contributed by atoms with Crippen LogP contribution in [0.5, 0.6) is 0 Å². The number of aryl methyl sites for hydroxylation is 1. The summed E-state index contributed by atoms with van der Waals surface area (Å²) >= 11 is 5.79. The molecule has 120 valence electrons. The molecule has 6 nitrogen and oxygen atoms in total. The van der Waals surface area contributed by atoms with Crippen LogP contribution in [-0.2, 0) is 13.1 Å². The molecule has 0 saturated heterocycles. The van der Waals surface area contributed by atoms with Gasteiger partial charge in [0, 0.05) is 24.4 Å². The Balaban J connectivity index is 1.81. The van der Waals surface area contributed by atoms with Gasteiger partial charge in [-0.15, -0.1) is 0 Å². The first-order chi connectivity index (χ1) is 11.2. The molecule has 0 aliphatic carbocycles. The molecule has 23 heavy (non-hydrogen) atoms. The lowest BCUT2D eigenvalue weighted by Crippen LogP contribution is -2.10. The molecule has 3 rings (SSSR count). The van der Waals surface area contributed by atoms with Crippen molar-refractivity contribution in [1.82, 2.24) is 14.8 Å². The predicted octanol–water partition coefficient (Wildman–Crippen LogP) is 3.10. The molecule has 0 saturated carbocycles. The average molecular weight is 333 g/mol. The van der Waals surface area contributed by atoms with Gasteiger partial charge in [0.2, 0.25) is 0 Å². The average Bonchev–Trinajstić information content (AvgIpc) is 3.13. The maximum atomic E-state index is 9.22. The van der Waals surface area contributed by atoms with E-state index < -0.39 is 0 Å². The second-order valence-electron chi connectivity index (χ2n) is 5.09. The highest BCUT2D eigenvalue weighted by atomic mass is 35.5. The summed E-state index contributed by atoms with van der Waals surface area (Å²) in [5, 5.41) is 17.5. The van der Waals surface area contributed by atoms with Gasteiger partial charge in [-0.05, 0) is 24.6 Å². The number of anilines is 1. The lowest BCUT2D eigenvalue weighted by molar-refractivity contribution is 0.270. The summed E-state index contributed by atoms with van der Waals surface area (Å²) in [7, 11) is 0. The summed E-state index contributed by atoms with van der Waals surface area (Å²) in [5.41, 5.74) is 2.76. The van der Waals surface area contributed by atoms with Crippen molar-refractivity contribution in [2.45, 2.75) is 20.0 Å². The number of hydrogen-bond acceptors (Lipinski definition) is 5. The molecule has 7 heteroatoms. The van der Waals surface area contributed by atoms with E-state index in [2.05, 4.69) is 15.4 Å². The molecule has 2 N–H and O–H groups in total. The molecule has 3 heterocycles. The first-order valence-electron chi connectivity index (χ1n) is 7.25. The van der Waals surface area contributed by atoms with Crippen molar-refractivity contribution in [2.75, 3.05) is 11.9 Å². The number of aromatic nitrogens is 3. The van der Waals surface area contributed by atoms with E-state index in [9.17, 15) is 5.11 Å². The third-order valence-electron chi connectivity index (χ3n) is 3.49. The molecule has 0 aliphatic rings. The van der Waals surface area contributed by atoms with Crippen LogP contribution in [0, 0.1) is 6.92 Å². The van der Waals surface area contributed by atoms with Crippen LogP contribution in [0.15, 0.2) is 41.1 Å². The van der Waals surface area contributed by atoms with E-state index >= 15 is 0 Å². The zero-order chi connectivity index (χ0) is 16.2. The first-order valence-corrected chi connectivity index (χ1v) is 7.62. The maximum absolute atomic E-state index is 9.22. The summed E-state index contributed by atoms with van der Waals surface area (Å²) in [4.78, 5) is 4.06. The molecular formula is C16H17ClN4O2. The second kappa shape index (κ2) is 6.85. The summed E-state index contributed by atoms with van der Waals surface area (Å²) < 4.78 is 7.07. The zero-order valence-corrected chi connectivity index (χ0v) is 13.4. The van der Waals surface area contributed by atoms with E-state index in [1.165, 1.54) is 0 Å². The highest BCUT2D eigenvalue weighted by Gasteiger charge is 2.12. The fourth-order valence-corrected chi connectivity index (χ4v) is 2.42. The van der Waals surface area contributed by atoms with Crippen molar-refractivity contribution in [3.63, 3.8) is 0 Å². The Bertz CT molecular complexity index is 780. The number of nitrogens with zero attached hydrogens (tertiary/aromatic N) is 3. The van der Waals surface area contributed by atoms with Gasteiger partial charge in [0.1, 0.15) is 16.7 Å². The summed E-state index contributed by atoms with van der Waals surface area (Å²) in [6, 6.07) is 7.49.